The number of benzene rings is 1. The second kappa shape index (κ2) is 8.45. The summed E-state index contributed by atoms with van der Waals surface area (Å²) in [7, 11) is 0. The molecule has 2 aliphatic heterocycles. The molecule has 2 aliphatic rings. The molecule has 0 radical (unpaired) electrons. The summed E-state index contributed by atoms with van der Waals surface area (Å²) in [4.78, 5) is 29.0. The molecule has 4 rings (SSSR count). The molecule has 1 fully saturated rings. The summed E-state index contributed by atoms with van der Waals surface area (Å²) >= 11 is 1.78. The lowest BCUT2D eigenvalue weighted by molar-refractivity contribution is -0.135. The number of anilines is 1. The van der Waals surface area contributed by atoms with E-state index in [2.05, 4.69) is 45.9 Å². The fraction of sp³-hybridized carbons (Fsp3) is 0.455. The first-order valence-corrected chi connectivity index (χ1v) is 11.0. The van der Waals surface area contributed by atoms with Gasteiger partial charge >= 0.3 is 0 Å². The Bertz CT molecular complexity index is 860. The Labute approximate surface area is 175 Å². The zero-order valence-corrected chi connectivity index (χ0v) is 17.5. The van der Waals surface area contributed by atoms with Gasteiger partial charge < -0.3 is 19.9 Å². The average molecular weight is 414 g/mol. The van der Waals surface area contributed by atoms with Crippen LogP contribution >= 0.6 is 11.3 Å². The van der Waals surface area contributed by atoms with Crippen LogP contribution < -0.4 is 15.0 Å². The first-order chi connectivity index (χ1) is 14.0. The Balaban J connectivity index is 1.45. The lowest BCUT2D eigenvalue weighted by atomic mass is 9.87. The zero-order chi connectivity index (χ0) is 20.3. The number of nitrogens with one attached hydrogen (secondary N) is 1. The van der Waals surface area contributed by atoms with E-state index in [9.17, 15) is 9.59 Å². The minimum Gasteiger partial charge on any atom is -0.485 e. The van der Waals surface area contributed by atoms with Gasteiger partial charge in [0.2, 0.25) is 11.8 Å². The van der Waals surface area contributed by atoms with Crippen molar-refractivity contribution < 1.29 is 14.3 Å². The van der Waals surface area contributed by atoms with E-state index in [-0.39, 0.29) is 24.0 Å². The topological polar surface area (TPSA) is 61.9 Å². The summed E-state index contributed by atoms with van der Waals surface area (Å²) in [5, 5.41) is 4.71. The second-order valence-corrected chi connectivity index (χ2v) is 8.83. The minimum atomic E-state index is -0.245. The standard InChI is InChI=1S/C22H27N3O3S/c1-17(26)23-15-21(27)24-11-8-22(9-12-24)10-13-25(16-18-5-4-14-29-18)19-6-2-3-7-20(19)28-22/h2-7,14H,8-13,15-16H2,1H3,(H,23,26). The van der Waals surface area contributed by atoms with Crippen LogP contribution in [0.2, 0.25) is 0 Å². The van der Waals surface area contributed by atoms with E-state index in [1.807, 2.05) is 11.0 Å². The van der Waals surface area contributed by atoms with Crippen molar-refractivity contribution in [3.8, 4) is 5.75 Å². The smallest absolute Gasteiger partial charge is 0.241 e. The largest absolute Gasteiger partial charge is 0.485 e. The molecule has 3 heterocycles. The number of ether oxygens (including phenoxy) is 1. The highest BCUT2D eigenvalue weighted by Crippen LogP contribution is 2.41. The Hall–Kier alpha value is -2.54. The molecule has 1 spiro atoms. The van der Waals surface area contributed by atoms with Gasteiger partial charge in [0.05, 0.1) is 18.8 Å². The summed E-state index contributed by atoms with van der Waals surface area (Å²) in [6, 6.07) is 12.5. The van der Waals surface area contributed by atoms with Crippen molar-refractivity contribution in [2.45, 2.75) is 38.3 Å². The van der Waals surface area contributed by atoms with E-state index in [0.717, 1.165) is 43.8 Å². The van der Waals surface area contributed by atoms with Crippen LogP contribution in [-0.4, -0.2) is 48.5 Å². The maximum atomic E-state index is 12.3. The maximum absolute atomic E-state index is 12.3. The summed E-state index contributed by atoms with van der Waals surface area (Å²) in [6.45, 7) is 4.62. The van der Waals surface area contributed by atoms with Gasteiger partial charge in [0.25, 0.3) is 0 Å². The number of likely N-dealkylation sites (tertiary alicyclic amines) is 1. The second-order valence-electron chi connectivity index (χ2n) is 7.79. The number of hydrogen-bond acceptors (Lipinski definition) is 5. The molecule has 29 heavy (non-hydrogen) atoms. The van der Waals surface area contributed by atoms with Crippen LogP contribution in [0.1, 0.15) is 31.1 Å². The number of thiophene rings is 1. The van der Waals surface area contributed by atoms with Crippen LogP contribution in [0.4, 0.5) is 5.69 Å². The lowest BCUT2D eigenvalue weighted by Crippen LogP contribution is -2.52. The molecule has 154 valence electrons. The van der Waals surface area contributed by atoms with Gasteiger partial charge in [0.15, 0.2) is 0 Å². The van der Waals surface area contributed by atoms with Gasteiger partial charge in [-0.25, -0.2) is 0 Å². The third-order valence-electron chi connectivity index (χ3n) is 5.81. The molecule has 1 aromatic heterocycles. The Morgan fingerprint density at radius 1 is 1.10 bits per heavy atom. The van der Waals surface area contributed by atoms with E-state index in [1.165, 1.54) is 11.8 Å². The Morgan fingerprint density at radius 3 is 2.59 bits per heavy atom. The maximum Gasteiger partial charge on any atom is 0.241 e. The van der Waals surface area contributed by atoms with Gasteiger partial charge in [-0.15, -0.1) is 11.3 Å². The Morgan fingerprint density at radius 2 is 1.86 bits per heavy atom. The van der Waals surface area contributed by atoms with Gasteiger partial charge in [-0.3, -0.25) is 9.59 Å². The number of piperidine rings is 1. The van der Waals surface area contributed by atoms with Crippen LogP contribution in [0.5, 0.6) is 5.75 Å². The number of rotatable bonds is 4. The van der Waals surface area contributed by atoms with E-state index >= 15 is 0 Å². The summed E-state index contributed by atoms with van der Waals surface area (Å²) in [5.41, 5.74) is 0.896. The third kappa shape index (κ3) is 4.56. The van der Waals surface area contributed by atoms with Crippen molar-refractivity contribution in [2.24, 2.45) is 0 Å². The van der Waals surface area contributed by atoms with Gasteiger partial charge in [-0.1, -0.05) is 18.2 Å². The number of hydrogen-bond donors (Lipinski definition) is 1. The number of carbonyl (C=O) groups is 2. The highest BCUT2D eigenvalue weighted by atomic mass is 32.1. The molecule has 0 atom stereocenters. The predicted molar refractivity (Wildman–Crippen MR) is 114 cm³/mol. The minimum absolute atomic E-state index is 0.0246. The van der Waals surface area contributed by atoms with Gasteiger partial charge in [-0.2, -0.15) is 0 Å². The quantitative estimate of drug-likeness (QED) is 0.837. The van der Waals surface area contributed by atoms with Crippen molar-refractivity contribution in [2.75, 3.05) is 31.1 Å². The number of para-hydroxylation sites is 2. The van der Waals surface area contributed by atoms with Crippen molar-refractivity contribution in [1.29, 1.82) is 0 Å². The first-order valence-electron chi connectivity index (χ1n) is 10.1. The monoisotopic (exact) mass is 413 g/mol. The molecular formula is C22H27N3O3S. The van der Waals surface area contributed by atoms with E-state index in [0.29, 0.717) is 13.1 Å². The molecule has 2 amide bonds. The number of nitrogens with zero attached hydrogens (tertiary/aromatic N) is 2. The molecule has 6 nitrogen and oxygen atoms in total. The predicted octanol–water partition coefficient (Wildman–Crippen LogP) is 3.03. The SMILES string of the molecule is CC(=O)NCC(=O)N1CCC2(CC1)CCN(Cc1cccs1)c1ccccc1O2. The van der Waals surface area contributed by atoms with Crippen LogP contribution in [-0.2, 0) is 16.1 Å². The molecule has 1 saturated heterocycles. The van der Waals surface area contributed by atoms with Crippen LogP contribution in [0.3, 0.4) is 0 Å². The van der Waals surface area contributed by atoms with Crippen molar-refractivity contribution >= 4 is 28.8 Å². The molecule has 0 aliphatic carbocycles. The van der Waals surface area contributed by atoms with Gasteiger partial charge in [0, 0.05) is 50.7 Å². The number of amides is 2. The molecule has 0 unspecified atom stereocenters. The number of fused-ring (bicyclic) bond motifs is 1. The summed E-state index contributed by atoms with van der Waals surface area (Å²) in [5.74, 6) is 0.726. The van der Waals surface area contributed by atoms with Crippen LogP contribution in [0.15, 0.2) is 41.8 Å². The molecule has 0 saturated carbocycles. The molecule has 0 bridgehead atoms. The molecule has 2 aromatic rings. The zero-order valence-electron chi connectivity index (χ0n) is 16.7. The summed E-state index contributed by atoms with van der Waals surface area (Å²) in [6.07, 6.45) is 2.54. The molecular weight excluding hydrogens is 386 g/mol. The highest BCUT2D eigenvalue weighted by Gasteiger charge is 2.40. The molecule has 1 aromatic carbocycles. The van der Waals surface area contributed by atoms with Crippen molar-refractivity contribution in [3.05, 3.63) is 46.7 Å². The Kier molecular flexibility index (Phi) is 5.76. The van der Waals surface area contributed by atoms with E-state index in [1.54, 1.807) is 11.3 Å². The van der Waals surface area contributed by atoms with Gasteiger partial charge in [0.1, 0.15) is 11.4 Å². The third-order valence-corrected chi connectivity index (χ3v) is 6.67. The molecule has 1 N–H and O–H groups in total. The highest BCUT2D eigenvalue weighted by molar-refractivity contribution is 7.09. The normalized spacial score (nSPS) is 18.0. The molecule has 7 heteroatoms. The first kappa shape index (κ1) is 19.8. The fourth-order valence-corrected chi connectivity index (χ4v) is 4.85. The van der Waals surface area contributed by atoms with Crippen molar-refractivity contribution in [1.82, 2.24) is 10.2 Å². The summed E-state index contributed by atoms with van der Waals surface area (Å²) < 4.78 is 6.62. The van der Waals surface area contributed by atoms with E-state index < -0.39 is 0 Å². The van der Waals surface area contributed by atoms with Crippen molar-refractivity contribution in [3.63, 3.8) is 0 Å². The fourth-order valence-electron chi connectivity index (χ4n) is 4.13. The van der Waals surface area contributed by atoms with E-state index in [4.69, 9.17) is 4.74 Å². The number of carbonyl (C=O) groups excluding carboxylic acids is 2. The van der Waals surface area contributed by atoms with Crippen LogP contribution in [0, 0.1) is 0 Å². The average Bonchev–Trinajstić information content (AvgIpc) is 3.18. The van der Waals surface area contributed by atoms with Gasteiger partial charge in [-0.05, 0) is 23.6 Å². The lowest BCUT2D eigenvalue weighted by Gasteiger charge is -2.41. The van der Waals surface area contributed by atoms with Crippen LogP contribution in [0.25, 0.3) is 0 Å².